The van der Waals surface area contributed by atoms with E-state index >= 15 is 0 Å². The first kappa shape index (κ1) is 12.7. The van der Waals surface area contributed by atoms with Crippen molar-refractivity contribution in [1.29, 1.82) is 0 Å². The van der Waals surface area contributed by atoms with Crippen molar-refractivity contribution < 1.29 is 9.53 Å². The van der Waals surface area contributed by atoms with E-state index in [4.69, 9.17) is 4.74 Å². The van der Waals surface area contributed by atoms with Gasteiger partial charge in [-0.3, -0.25) is 4.79 Å². The van der Waals surface area contributed by atoms with Crippen LogP contribution in [0.25, 0.3) is 0 Å². The summed E-state index contributed by atoms with van der Waals surface area (Å²) >= 11 is 0. The first-order chi connectivity index (χ1) is 7.65. The highest BCUT2D eigenvalue weighted by atomic mass is 16.5. The van der Waals surface area contributed by atoms with Crippen LogP contribution in [0.3, 0.4) is 0 Å². The molecule has 86 valence electrons. The molecule has 1 aromatic rings. The molecule has 0 spiro atoms. The van der Waals surface area contributed by atoms with E-state index in [1.54, 1.807) is 0 Å². The van der Waals surface area contributed by atoms with Crippen LogP contribution < -0.4 is 0 Å². The lowest BCUT2D eigenvalue weighted by molar-refractivity contribution is 0.0805. The first-order valence-corrected chi connectivity index (χ1v) is 5.44. The molecule has 0 saturated carbocycles. The lowest BCUT2D eigenvalue weighted by atomic mass is 10.0. The minimum absolute atomic E-state index is 0.0469. The van der Waals surface area contributed by atoms with E-state index < -0.39 is 0 Å². The first-order valence-electron chi connectivity index (χ1n) is 5.44. The molecule has 0 radical (unpaired) electrons. The number of benzene rings is 1. The largest absolute Gasteiger partial charge is 0.369 e. The predicted octanol–water partition coefficient (Wildman–Crippen LogP) is 3.08. The monoisotopic (exact) mass is 218 g/mol. The Kier molecular flexibility index (Phi) is 4.93. The van der Waals surface area contributed by atoms with Crippen LogP contribution in [0.1, 0.15) is 28.4 Å². The summed E-state index contributed by atoms with van der Waals surface area (Å²) in [6.07, 6.45) is 3.79. The van der Waals surface area contributed by atoms with Crippen LogP contribution in [-0.2, 0) is 4.74 Å². The van der Waals surface area contributed by atoms with Gasteiger partial charge in [-0.25, -0.2) is 0 Å². The molecule has 0 aliphatic heterocycles. The van der Waals surface area contributed by atoms with Gasteiger partial charge in [-0.1, -0.05) is 29.8 Å². The normalized spacial score (nSPS) is 10.9. The van der Waals surface area contributed by atoms with Gasteiger partial charge >= 0.3 is 0 Å². The number of hydrogen-bond acceptors (Lipinski definition) is 2. The minimum Gasteiger partial charge on any atom is -0.369 e. The van der Waals surface area contributed by atoms with Gasteiger partial charge in [0.25, 0.3) is 0 Å². The number of Topliss-reactive ketones (excluding diaryl/α,β-unsaturated/α-hetero) is 1. The van der Waals surface area contributed by atoms with Crippen LogP contribution in [-0.4, -0.2) is 19.0 Å². The van der Waals surface area contributed by atoms with E-state index in [2.05, 4.69) is 0 Å². The van der Waals surface area contributed by atoms with Crippen molar-refractivity contribution in [1.82, 2.24) is 0 Å². The standard InChI is InChI=1S/C14H18O2/c1-4-5-8-16-10-14(15)13-9-11(2)6-7-12(13)3/h4-7,9H,8,10H2,1-3H3. The van der Waals surface area contributed by atoms with Gasteiger partial charge in [0, 0.05) is 5.56 Å². The third-order valence-electron chi connectivity index (χ3n) is 2.38. The average molecular weight is 218 g/mol. The molecule has 2 nitrogen and oxygen atoms in total. The Morgan fingerprint density at radius 2 is 2.12 bits per heavy atom. The lowest BCUT2D eigenvalue weighted by Gasteiger charge is -2.06. The number of rotatable bonds is 5. The molecule has 0 atom stereocenters. The van der Waals surface area contributed by atoms with Gasteiger partial charge in [0.1, 0.15) is 6.61 Å². The molecule has 2 heteroatoms. The Hall–Kier alpha value is -1.41. The molecule has 0 bridgehead atoms. The highest BCUT2D eigenvalue weighted by molar-refractivity contribution is 5.98. The van der Waals surface area contributed by atoms with Crippen LogP contribution in [0.5, 0.6) is 0 Å². The van der Waals surface area contributed by atoms with Gasteiger partial charge in [0.2, 0.25) is 0 Å². The SMILES string of the molecule is CC=CCOCC(=O)c1cc(C)ccc1C. The molecule has 0 amide bonds. The van der Waals surface area contributed by atoms with Crippen molar-refractivity contribution in [2.75, 3.05) is 13.2 Å². The van der Waals surface area contributed by atoms with Gasteiger partial charge in [-0.05, 0) is 32.4 Å². The average Bonchev–Trinajstić information content (AvgIpc) is 2.27. The Morgan fingerprint density at radius 3 is 2.81 bits per heavy atom. The number of carbonyl (C=O) groups is 1. The summed E-state index contributed by atoms with van der Waals surface area (Å²) in [6.45, 7) is 6.49. The summed E-state index contributed by atoms with van der Waals surface area (Å²) in [5, 5.41) is 0. The molecule has 0 aliphatic carbocycles. The molecule has 0 heterocycles. The third kappa shape index (κ3) is 3.63. The second kappa shape index (κ2) is 6.23. The van der Waals surface area contributed by atoms with Crippen LogP contribution in [0, 0.1) is 13.8 Å². The van der Waals surface area contributed by atoms with E-state index in [-0.39, 0.29) is 12.4 Å². The molecule has 0 aliphatic rings. The van der Waals surface area contributed by atoms with E-state index in [9.17, 15) is 4.79 Å². The van der Waals surface area contributed by atoms with Crippen LogP contribution in [0.15, 0.2) is 30.4 Å². The predicted molar refractivity (Wildman–Crippen MR) is 65.9 cm³/mol. The van der Waals surface area contributed by atoms with E-state index in [0.717, 1.165) is 16.7 Å². The summed E-state index contributed by atoms with van der Waals surface area (Å²) < 4.78 is 5.25. The molecule has 1 aromatic carbocycles. The third-order valence-corrected chi connectivity index (χ3v) is 2.38. The van der Waals surface area contributed by atoms with E-state index in [0.29, 0.717) is 6.61 Å². The fourth-order valence-electron chi connectivity index (χ4n) is 1.43. The summed E-state index contributed by atoms with van der Waals surface area (Å²) in [4.78, 5) is 11.8. The number of carbonyl (C=O) groups excluding carboxylic acids is 1. The number of allylic oxidation sites excluding steroid dienone is 1. The molecule has 0 aromatic heterocycles. The van der Waals surface area contributed by atoms with Crippen molar-refractivity contribution in [2.45, 2.75) is 20.8 Å². The lowest BCUT2D eigenvalue weighted by Crippen LogP contribution is -2.10. The fourth-order valence-corrected chi connectivity index (χ4v) is 1.43. The van der Waals surface area contributed by atoms with Crippen molar-refractivity contribution in [2.24, 2.45) is 0 Å². The van der Waals surface area contributed by atoms with Crippen molar-refractivity contribution in [3.63, 3.8) is 0 Å². The second-order valence-electron chi connectivity index (χ2n) is 3.83. The number of ether oxygens (including phenoxy) is 1. The minimum atomic E-state index is 0.0469. The molecule has 1 rings (SSSR count). The van der Waals surface area contributed by atoms with Gasteiger partial charge in [0.15, 0.2) is 5.78 Å². The van der Waals surface area contributed by atoms with Crippen LogP contribution in [0.4, 0.5) is 0 Å². The Balaban J connectivity index is 2.62. The highest BCUT2D eigenvalue weighted by Crippen LogP contribution is 2.11. The van der Waals surface area contributed by atoms with Gasteiger partial charge in [0.05, 0.1) is 6.61 Å². The number of ketones is 1. The van der Waals surface area contributed by atoms with Crippen molar-refractivity contribution in [3.05, 3.63) is 47.0 Å². The summed E-state index contributed by atoms with van der Waals surface area (Å²) in [6, 6.07) is 5.89. The molecular formula is C14H18O2. The molecule has 0 fully saturated rings. The summed E-state index contributed by atoms with van der Waals surface area (Å²) in [5.74, 6) is 0.0469. The maximum atomic E-state index is 11.8. The molecule has 0 N–H and O–H groups in total. The van der Waals surface area contributed by atoms with Gasteiger partial charge < -0.3 is 4.74 Å². The van der Waals surface area contributed by atoms with Crippen molar-refractivity contribution >= 4 is 5.78 Å². The molecule has 16 heavy (non-hydrogen) atoms. The zero-order valence-corrected chi connectivity index (χ0v) is 10.1. The summed E-state index contributed by atoms with van der Waals surface area (Å²) in [7, 11) is 0. The van der Waals surface area contributed by atoms with Crippen LogP contribution in [0.2, 0.25) is 0 Å². The molecule has 0 unspecified atom stereocenters. The van der Waals surface area contributed by atoms with Gasteiger partial charge in [-0.15, -0.1) is 0 Å². The van der Waals surface area contributed by atoms with Gasteiger partial charge in [-0.2, -0.15) is 0 Å². The number of hydrogen-bond donors (Lipinski definition) is 0. The Morgan fingerprint density at radius 1 is 1.38 bits per heavy atom. The Bertz CT molecular complexity index is 392. The van der Waals surface area contributed by atoms with E-state index in [1.165, 1.54) is 0 Å². The van der Waals surface area contributed by atoms with Crippen LogP contribution >= 0.6 is 0 Å². The second-order valence-corrected chi connectivity index (χ2v) is 3.83. The summed E-state index contributed by atoms with van der Waals surface area (Å²) in [5.41, 5.74) is 2.87. The quantitative estimate of drug-likeness (QED) is 0.431. The van der Waals surface area contributed by atoms with E-state index in [1.807, 2.05) is 51.1 Å². The highest BCUT2D eigenvalue weighted by Gasteiger charge is 2.08. The maximum Gasteiger partial charge on any atom is 0.188 e. The molecular weight excluding hydrogens is 200 g/mol. The zero-order chi connectivity index (χ0) is 12.0. The number of aryl methyl sites for hydroxylation is 2. The smallest absolute Gasteiger partial charge is 0.188 e. The Labute approximate surface area is 96.9 Å². The molecule has 0 saturated heterocycles. The fraction of sp³-hybridized carbons (Fsp3) is 0.357. The topological polar surface area (TPSA) is 26.3 Å². The van der Waals surface area contributed by atoms with Crippen molar-refractivity contribution in [3.8, 4) is 0 Å². The zero-order valence-electron chi connectivity index (χ0n) is 10.1. The maximum absolute atomic E-state index is 11.8.